The molecular formula is C14H16BrNO. The summed E-state index contributed by atoms with van der Waals surface area (Å²) >= 11 is 3.45. The molecule has 0 atom stereocenters. The van der Waals surface area contributed by atoms with E-state index in [1.807, 2.05) is 24.3 Å². The van der Waals surface area contributed by atoms with Crippen LogP contribution >= 0.6 is 15.9 Å². The van der Waals surface area contributed by atoms with Gasteiger partial charge in [-0.05, 0) is 25.0 Å². The highest BCUT2D eigenvalue weighted by Gasteiger charge is 2.10. The number of hydrogen-bond acceptors (Lipinski definition) is 1. The van der Waals surface area contributed by atoms with Crippen LogP contribution in [0.25, 0.3) is 10.9 Å². The minimum atomic E-state index is 0.183. The van der Waals surface area contributed by atoms with E-state index < -0.39 is 0 Å². The van der Waals surface area contributed by atoms with E-state index in [0.29, 0.717) is 5.33 Å². The molecule has 90 valence electrons. The predicted octanol–water partition coefficient (Wildman–Crippen LogP) is 3.77. The van der Waals surface area contributed by atoms with E-state index in [9.17, 15) is 4.79 Å². The monoisotopic (exact) mass is 293 g/mol. The van der Waals surface area contributed by atoms with Crippen molar-refractivity contribution in [2.24, 2.45) is 0 Å². The number of alkyl halides is 1. The van der Waals surface area contributed by atoms with E-state index >= 15 is 0 Å². The standard InChI is InChI=1S/C14H16BrNO/c1-2-3-6-11-13(9-15)16-12-8-5-4-7-10(12)14(11)17/h4-5,7-8H,2-3,6,9H2,1H3,(H,16,17). The van der Waals surface area contributed by atoms with Crippen LogP contribution in [-0.4, -0.2) is 4.98 Å². The number of H-pyrrole nitrogens is 1. The van der Waals surface area contributed by atoms with Crippen LogP contribution in [0.1, 0.15) is 31.0 Å². The molecule has 0 aliphatic rings. The second-order valence-electron chi connectivity index (χ2n) is 4.19. The Morgan fingerprint density at radius 2 is 2.06 bits per heavy atom. The second-order valence-corrected chi connectivity index (χ2v) is 4.75. The maximum Gasteiger partial charge on any atom is 0.192 e. The van der Waals surface area contributed by atoms with Gasteiger partial charge in [0.1, 0.15) is 0 Å². The van der Waals surface area contributed by atoms with E-state index in [1.54, 1.807) is 0 Å². The third kappa shape index (κ3) is 2.44. The number of para-hydroxylation sites is 1. The first-order chi connectivity index (χ1) is 8.27. The molecule has 0 radical (unpaired) electrons. The van der Waals surface area contributed by atoms with Crippen molar-refractivity contribution in [2.45, 2.75) is 31.5 Å². The number of unbranched alkanes of at least 4 members (excludes halogenated alkanes) is 1. The van der Waals surface area contributed by atoms with E-state index in [0.717, 1.165) is 41.4 Å². The number of pyridine rings is 1. The Labute approximate surface area is 109 Å². The van der Waals surface area contributed by atoms with Crippen molar-refractivity contribution in [2.75, 3.05) is 0 Å². The first-order valence-electron chi connectivity index (χ1n) is 5.96. The molecule has 0 saturated heterocycles. The lowest BCUT2D eigenvalue weighted by atomic mass is 10.0. The molecule has 0 unspecified atom stereocenters. The molecule has 0 aliphatic heterocycles. The van der Waals surface area contributed by atoms with Crippen LogP contribution in [0.5, 0.6) is 0 Å². The van der Waals surface area contributed by atoms with Crippen LogP contribution in [-0.2, 0) is 11.8 Å². The fourth-order valence-electron chi connectivity index (χ4n) is 2.06. The van der Waals surface area contributed by atoms with Gasteiger partial charge in [-0.25, -0.2) is 0 Å². The number of aromatic nitrogens is 1. The van der Waals surface area contributed by atoms with Crippen LogP contribution < -0.4 is 5.43 Å². The van der Waals surface area contributed by atoms with Crippen LogP contribution in [0.3, 0.4) is 0 Å². The molecular weight excluding hydrogens is 278 g/mol. The molecule has 0 saturated carbocycles. The SMILES string of the molecule is CCCCc1c(CBr)[nH]c2ccccc2c1=O. The van der Waals surface area contributed by atoms with Gasteiger partial charge in [0.05, 0.1) is 0 Å². The van der Waals surface area contributed by atoms with Gasteiger partial charge in [0, 0.05) is 27.5 Å². The number of aromatic amines is 1. The molecule has 1 aromatic carbocycles. The van der Waals surface area contributed by atoms with Gasteiger partial charge >= 0.3 is 0 Å². The number of rotatable bonds is 4. The number of nitrogens with one attached hydrogen (secondary N) is 1. The zero-order valence-electron chi connectivity index (χ0n) is 9.92. The lowest BCUT2D eigenvalue weighted by Crippen LogP contribution is -2.14. The van der Waals surface area contributed by atoms with E-state index in [-0.39, 0.29) is 5.43 Å². The third-order valence-electron chi connectivity index (χ3n) is 3.01. The summed E-state index contributed by atoms with van der Waals surface area (Å²) in [7, 11) is 0. The predicted molar refractivity (Wildman–Crippen MR) is 75.8 cm³/mol. The average molecular weight is 294 g/mol. The fourth-order valence-corrected chi connectivity index (χ4v) is 2.54. The van der Waals surface area contributed by atoms with Crippen molar-refractivity contribution in [3.8, 4) is 0 Å². The summed E-state index contributed by atoms with van der Waals surface area (Å²) in [6.45, 7) is 2.14. The lowest BCUT2D eigenvalue weighted by molar-refractivity contribution is 0.783. The minimum absolute atomic E-state index is 0.183. The molecule has 0 fully saturated rings. The fraction of sp³-hybridized carbons (Fsp3) is 0.357. The van der Waals surface area contributed by atoms with Gasteiger partial charge in [-0.1, -0.05) is 41.4 Å². The zero-order chi connectivity index (χ0) is 12.3. The third-order valence-corrected chi connectivity index (χ3v) is 3.57. The number of halogens is 1. The number of fused-ring (bicyclic) bond motifs is 1. The van der Waals surface area contributed by atoms with Gasteiger partial charge in [0.25, 0.3) is 0 Å². The van der Waals surface area contributed by atoms with Gasteiger partial charge < -0.3 is 4.98 Å². The molecule has 17 heavy (non-hydrogen) atoms. The maximum absolute atomic E-state index is 12.4. The minimum Gasteiger partial charge on any atom is -0.357 e. The van der Waals surface area contributed by atoms with E-state index in [1.165, 1.54) is 0 Å². The molecule has 0 bridgehead atoms. The Kier molecular flexibility index (Phi) is 4.00. The highest BCUT2D eigenvalue weighted by atomic mass is 79.9. The van der Waals surface area contributed by atoms with Gasteiger partial charge in [0.15, 0.2) is 5.43 Å². The van der Waals surface area contributed by atoms with Crippen LogP contribution in [0, 0.1) is 0 Å². The Hall–Kier alpha value is -1.09. The number of benzene rings is 1. The Morgan fingerprint density at radius 3 is 2.76 bits per heavy atom. The molecule has 3 heteroatoms. The van der Waals surface area contributed by atoms with Crippen molar-refractivity contribution < 1.29 is 0 Å². The van der Waals surface area contributed by atoms with Crippen LogP contribution in [0.4, 0.5) is 0 Å². The Morgan fingerprint density at radius 1 is 1.29 bits per heavy atom. The van der Waals surface area contributed by atoms with Gasteiger partial charge in [-0.15, -0.1) is 0 Å². The largest absolute Gasteiger partial charge is 0.357 e. The Bertz CT molecular complexity index is 574. The summed E-state index contributed by atoms with van der Waals surface area (Å²) in [5.41, 5.74) is 3.05. The molecule has 0 spiro atoms. The zero-order valence-corrected chi connectivity index (χ0v) is 11.5. The molecule has 1 N–H and O–H groups in total. The number of hydrogen-bond donors (Lipinski definition) is 1. The smallest absolute Gasteiger partial charge is 0.192 e. The molecule has 0 amide bonds. The normalized spacial score (nSPS) is 10.9. The summed E-state index contributed by atoms with van der Waals surface area (Å²) in [5, 5.41) is 1.50. The molecule has 1 heterocycles. The lowest BCUT2D eigenvalue weighted by Gasteiger charge is -2.08. The maximum atomic E-state index is 12.4. The van der Waals surface area contributed by atoms with Crippen LogP contribution in [0.15, 0.2) is 29.1 Å². The molecule has 2 rings (SSSR count). The first kappa shape index (κ1) is 12.4. The van der Waals surface area contributed by atoms with Crippen molar-refractivity contribution >= 4 is 26.8 Å². The van der Waals surface area contributed by atoms with Gasteiger partial charge in [0.2, 0.25) is 0 Å². The van der Waals surface area contributed by atoms with Crippen molar-refractivity contribution in [1.82, 2.24) is 4.98 Å². The summed E-state index contributed by atoms with van der Waals surface area (Å²) in [6, 6.07) is 7.70. The van der Waals surface area contributed by atoms with Crippen molar-refractivity contribution in [3.05, 3.63) is 45.7 Å². The topological polar surface area (TPSA) is 32.9 Å². The summed E-state index contributed by atoms with van der Waals surface area (Å²) < 4.78 is 0. The quantitative estimate of drug-likeness (QED) is 0.856. The Balaban J connectivity index is 2.63. The van der Waals surface area contributed by atoms with Gasteiger partial charge in [-0.2, -0.15) is 0 Å². The molecule has 2 aromatic rings. The summed E-state index contributed by atoms with van der Waals surface area (Å²) in [6.07, 6.45) is 3.02. The summed E-state index contributed by atoms with van der Waals surface area (Å²) in [5.74, 6) is 0. The van der Waals surface area contributed by atoms with Crippen molar-refractivity contribution in [1.29, 1.82) is 0 Å². The summed E-state index contributed by atoms with van der Waals surface area (Å²) in [4.78, 5) is 15.7. The highest BCUT2D eigenvalue weighted by Crippen LogP contribution is 2.15. The second kappa shape index (κ2) is 5.50. The first-order valence-corrected chi connectivity index (χ1v) is 7.08. The van der Waals surface area contributed by atoms with Gasteiger partial charge in [-0.3, -0.25) is 4.79 Å². The van der Waals surface area contributed by atoms with Crippen LogP contribution in [0.2, 0.25) is 0 Å². The van der Waals surface area contributed by atoms with Crippen molar-refractivity contribution in [3.63, 3.8) is 0 Å². The van der Waals surface area contributed by atoms with E-state index in [2.05, 4.69) is 27.8 Å². The van der Waals surface area contributed by atoms with E-state index in [4.69, 9.17) is 0 Å². The molecule has 0 aliphatic carbocycles. The highest BCUT2D eigenvalue weighted by molar-refractivity contribution is 9.08. The average Bonchev–Trinajstić information content (AvgIpc) is 2.37. The molecule has 2 nitrogen and oxygen atoms in total. The molecule has 1 aromatic heterocycles.